The summed E-state index contributed by atoms with van der Waals surface area (Å²) in [5.41, 5.74) is 0. The average Bonchev–Trinajstić information content (AvgIpc) is 0. The van der Waals surface area contributed by atoms with Crippen LogP contribution in [-0.2, 0) is 22.4 Å². The van der Waals surface area contributed by atoms with Gasteiger partial charge in [0.25, 0.3) is 0 Å². The molecule has 8 heteroatoms. The Balaban J connectivity index is 0. The van der Waals surface area contributed by atoms with Crippen molar-refractivity contribution in [3.05, 3.63) is 0 Å². The minimum absolute atomic E-state index is 0. The van der Waals surface area contributed by atoms with E-state index in [0.717, 1.165) is 0 Å². The van der Waals surface area contributed by atoms with Gasteiger partial charge in [0.1, 0.15) is 0 Å². The summed E-state index contributed by atoms with van der Waals surface area (Å²) in [4.78, 5) is 0. The number of halogens is 6. The predicted octanol–water partition coefficient (Wildman–Crippen LogP) is -0.271. The summed E-state index contributed by atoms with van der Waals surface area (Å²) in [5, 5.41) is 0. The molecule has 0 unspecified atom stereocenters. The van der Waals surface area contributed by atoms with Crippen molar-refractivity contribution in [2.45, 2.75) is 0 Å². The van der Waals surface area contributed by atoms with E-state index in [0.29, 0.717) is 0 Å². The van der Waals surface area contributed by atoms with Crippen LogP contribution < -0.4 is 0 Å². The van der Waals surface area contributed by atoms with Crippen LogP contribution in [0.15, 0.2) is 0 Å². The number of hydrogen-bond donors (Lipinski definition) is 0. The van der Waals surface area contributed by atoms with E-state index in [1.54, 1.807) is 0 Å². The monoisotopic (exact) mass is 351 g/mol. The first-order valence-corrected chi connectivity index (χ1v) is 0. The van der Waals surface area contributed by atoms with E-state index in [2.05, 4.69) is 0 Å². The number of hydrogen-bond acceptors (Lipinski definition) is 0. The van der Waals surface area contributed by atoms with Gasteiger partial charge in [-0.05, 0) is 0 Å². The zero-order valence-electron chi connectivity index (χ0n) is 3.46. The third-order valence-electron chi connectivity index (χ3n) is 0. The molecule has 0 rings (SSSR count). The molecule has 0 aliphatic rings. The van der Waals surface area contributed by atoms with E-state index in [4.69, 9.17) is 0 Å². The molecular weight excluding hydrogens is 344 g/mol. The molecule has 0 aliphatic heterocycles. The molecule has 0 heterocycles. The van der Waals surface area contributed by atoms with Gasteiger partial charge in [-0.15, -0.1) is 0 Å². The van der Waals surface area contributed by atoms with Crippen LogP contribution in [0.25, 0.3) is 0 Å². The third kappa shape index (κ3) is 208. The summed E-state index contributed by atoms with van der Waals surface area (Å²) in [7, 11) is 0. The first-order valence-electron chi connectivity index (χ1n) is 0. The molecule has 67 valence electrons. The predicted molar refractivity (Wildman–Crippen MR) is 25.0 cm³/mol. The van der Waals surface area contributed by atoms with Gasteiger partial charge in [-0.25, -0.2) is 0 Å². The van der Waals surface area contributed by atoms with Crippen LogP contribution in [0.1, 0.15) is 0 Å². The first-order chi connectivity index (χ1) is 0. The Morgan fingerprint density at radius 3 is 0.375 bits per heavy atom. The molecule has 0 bridgehead atoms. The quantitative estimate of drug-likeness (QED) is 0.416. The van der Waals surface area contributed by atoms with Crippen molar-refractivity contribution in [3.8, 4) is 0 Å². The average molecular weight is 353 g/mol. The molecule has 1 radical (unpaired) electrons. The molecule has 0 nitrogen and oxygen atoms in total. The van der Waals surface area contributed by atoms with Crippen LogP contribution in [0.5, 0.6) is 0 Å². The zero-order chi connectivity index (χ0) is 0. The second-order valence-corrected chi connectivity index (χ2v) is 0. The van der Waals surface area contributed by atoms with E-state index in [-0.39, 0.29) is 75.0 Å². The molecule has 0 amide bonds. The Bertz CT molecular complexity index is 8.49. The van der Waals surface area contributed by atoms with Crippen molar-refractivity contribution in [2.75, 3.05) is 0 Å². The Labute approximate surface area is 74.9 Å². The standard InChI is InChI=1S/Ag.6FH.Sb.3H/h;6*1H;;;;. The molecule has 0 N–H and O–H groups in total. The summed E-state index contributed by atoms with van der Waals surface area (Å²) in [6.07, 6.45) is 0. The van der Waals surface area contributed by atoms with E-state index >= 15 is 0 Å². The summed E-state index contributed by atoms with van der Waals surface area (Å²) in [6.45, 7) is 0. The van der Waals surface area contributed by atoms with E-state index < -0.39 is 0 Å². The van der Waals surface area contributed by atoms with Gasteiger partial charge in [-0.1, -0.05) is 0 Å². The van der Waals surface area contributed by atoms with Crippen molar-refractivity contribution in [3.63, 3.8) is 0 Å². The Morgan fingerprint density at radius 1 is 0.375 bits per heavy atom. The van der Waals surface area contributed by atoms with Gasteiger partial charge in [0.2, 0.25) is 0 Å². The third-order valence-corrected chi connectivity index (χ3v) is 0. The van der Waals surface area contributed by atoms with Crippen molar-refractivity contribution in [1.29, 1.82) is 0 Å². The maximum absolute atomic E-state index is 0. The number of rotatable bonds is 0. The Kier molecular flexibility index (Phi) is 18700. The normalized spacial score (nSPS) is 0. The maximum atomic E-state index is 0. The van der Waals surface area contributed by atoms with Gasteiger partial charge >= 0.3 is 24.4 Å². The van der Waals surface area contributed by atoms with Crippen molar-refractivity contribution < 1.29 is 50.6 Å². The molecule has 8 heavy (non-hydrogen) atoms. The SMILES string of the molecule is F.F.F.F.F.F.[Ag].[SbH3]. The summed E-state index contributed by atoms with van der Waals surface area (Å²) in [5.74, 6) is 0. The molecule has 0 aromatic rings. The van der Waals surface area contributed by atoms with Crippen LogP contribution in [0.2, 0.25) is 0 Å². The van der Waals surface area contributed by atoms with Crippen LogP contribution in [0.4, 0.5) is 28.2 Å². The summed E-state index contributed by atoms with van der Waals surface area (Å²) < 4.78 is 0. The fourth-order valence-electron chi connectivity index (χ4n) is 0. The molecule has 0 atom stereocenters. The van der Waals surface area contributed by atoms with Crippen molar-refractivity contribution >= 4 is 24.4 Å². The van der Waals surface area contributed by atoms with Gasteiger partial charge < -0.3 is 0 Å². The Hall–Kier alpha value is 1.14. The fourth-order valence-corrected chi connectivity index (χ4v) is 0. The molecule has 0 saturated heterocycles. The van der Waals surface area contributed by atoms with Gasteiger partial charge in [-0.3, -0.25) is 28.2 Å². The van der Waals surface area contributed by atoms with Gasteiger partial charge in [-0.2, -0.15) is 0 Å². The van der Waals surface area contributed by atoms with E-state index in [9.17, 15) is 0 Å². The van der Waals surface area contributed by atoms with Crippen molar-refractivity contribution in [1.82, 2.24) is 0 Å². The summed E-state index contributed by atoms with van der Waals surface area (Å²) in [6, 6.07) is 0. The van der Waals surface area contributed by atoms with Crippen LogP contribution in [-0.4, -0.2) is 24.4 Å². The minimum atomic E-state index is 0. The molecule has 0 fully saturated rings. The molecule has 0 saturated carbocycles. The zero-order valence-corrected chi connectivity index (χ0v) is 8.98. The molecule has 0 aromatic carbocycles. The van der Waals surface area contributed by atoms with Crippen LogP contribution >= 0.6 is 0 Å². The molecular formula is H9AgF6Sb. The second-order valence-electron chi connectivity index (χ2n) is 0. The van der Waals surface area contributed by atoms with E-state index in [1.807, 2.05) is 0 Å². The summed E-state index contributed by atoms with van der Waals surface area (Å²) >= 11 is 0. The van der Waals surface area contributed by atoms with Crippen molar-refractivity contribution in [2.24, 2.45) is 0 Å². The van der Waals surface area contributed by atoms with Gasteiger partial charge in [0.15, 0.2) is 0 Å². The first kappa shape index (κ1) is 467. The second kappa shape index (κ2) is 320. The van der Waals surface area contributed by atoms with Gasteiger partial charge in [0.05, 0.1) is 0 Å². The van der Waals surface area contributed by atoms with E-state index in [1.165, 1.54) is 0 Å². The van der Waals surface area contributed by atoms with Crippen LogP contribution in [0, 0.1) is 0 Å². The molecule has 0 aliphatic carbocycles. The van der Waals surface area contributed by atoms with Gasteiger partial charge in [0, 0.05) is 22.4 Å². The Morgan fingerprint density at radius 2 is 0.375 bits per heavy atom. The van der Waals surface area contributed by atoms with Crippen LogP contribution in [0.3, 0.4) is 0 Å². The fraction of sp³-hybridized carbons (Fsp3) is 0. The molecule has 0 aromatic heterocycles. The topological polar surface area (TPSA) is 0 Å². The molecule has 0 spiro atoms.